The highest BCUT2D eigenvalue weighted by Gasteiger charge is 2.50. The van der Waals surface area contributed by atoms with Gasteiger partial charge in [-0.05, 0) is 62.9 Å². The third-order valence-corrected chi connectivity index (χ3v) is 6.80. The van der Waals surface area contributed by atoms with Crippen LogP contribution in [0.2, 0.25) is 0 Å². The van der Waals surface area contributed by atoms with Crippen molar-refractivity contribution in [2.45, 2.75) is 53.0 Å². The van der Waals surface area contributed by atoms with Gasteiger partial charge in [0.15, 0.2) is 0 Å². The molecule has 2 aromatic rings. The van der Waals surface area contributed by atoms with Gasteiger partial charge in [0.1, 0.15) is 0 Å². The van der Waals surface area contributed by atoms with E-state index in [1.807, 2.05) is 34.0 Å². The molecular weight excluding hydrogens is 358 g/mol. The van der Waals surface area contributed by atoms with E-state index in [0.29, 0.717) is 0 Å². The number of aromatic nitrogens is 1. The molecule has 0 unspecified atom stereocenters. The third-order valence-electron chi connectivity index (χ3n) is 6.80. The fourth-order valence-electron chi connectivity index (χ4n) is 4.73. The Hall–Kier alpha value is -1.91. The average Bonchev–Trinajstić information content (AvgIpc) is 3.52. The van der Waals surface area contributed by atoms with E-state index in [1.165, 1.54) is 29.5 Å². The average molecular weight is 396 g/mol. The molecule has 0 bridgehead atoms. The van der Waals surface area contributed by atoms with Gasteiger partial charge in [0.2, 0.25) is 0 Å². The van der Waals surface area contributed by atoms with E-state index in [-0.39, 0.29) is 11.1 Å². The van der Waals surface area contributed by atoms with Crippen LogP contribution in [0.4, 0.5) is 0 Å². The van der Waals surface area contributed by atoms with E-state index in [2.05, 4.69) is 48.9 Å². The van der Waals surface area contributed by atoms with Gasteiger partial charge in [0.25, 0.3) is 5.56 Å². The SMILES string of the molecule is CC.Cc1cc(-c2cn(C)c(=O)c(C)c2C)ccc1C1(N2CCN(C)CC2)CC1. The molecule has 1 aliphatic carbocycles. The molecule has 1 saturated carbocycles. The molecule has 1 aliphatic heterocycles. The van der Waals surface area contributed by atoms with Gasteiger partial charge in [-0.3, -0.25) is 9.69 Å². The summed E-state index contributed by atoms with van der Waals surface area (Å²) in [5.41, 5.74) is 7.52. The first-order valence-corrected chi connectivity index (χ1v) is 11.1. The highest BCUT2D eigenvalue weighted by atomic mass is 16.1. The summed E-state index contributed by atoms with van der Waals surface area (Å²) in [6.45, 7) is 14.9. The Morgan fingerprint density at radius 1 is 0.897 bits per heavy atom. The maximum Gasteiger partial charge on any atom is 0.253 e. The fraction of sp³-hybridized carbons (Fsp3) is 0.560. The van der Waals surface area contributed by atoms with Crippen molar-refractivity contribution < 1.29 is 0 Å². The van der Waals surface area contributed by atoms with Crippen LogP contribution in [-0.4, -0.2) is 47.6 Å². The Morgan fingerprint density at radius 3 is 2.07 bits per heavy atom. The molecule has 4 rings (SSSR count). The van der Waals surface area contributed by atoms with Crippen molar-refractivity contribution in [2.24, 2.45) is 7.05 Å². The van der Waals surface area contributed by atoms with Crippen LogP contribution < -0.4 is 5.56 Å². The first-order chi connectivity index (χ1) is 13.8. The maximum absolute atomic E-state index is 12.2. The number of rotatable bonds is 3. The third kappa shape index (κ3) is 3.93. The van der Waals surface area contributed by atoms with Crippen molar-refractivity contribution in [3.63, 3.8) is 0 Å². The molecule has 4 nitrogen and oxygen atoms in total. The monoisotopic (exact) mass is 395 g/mol. The fourth-order valence-corrected chi connectivity index (χ4v) is 4.73. The molecule has 0 atom stereocenters. The van der Waals surface area contributed by atoms with Crippen LogP contribution in [0.1, 0.15) is 48.9 Å². The van der Waals surface area contributed by atoms with Crippen molar-refractivity contribution in [1.29, 1.82) is 0 Å². The highest BCUT2D eigenvalue weighted by Crippen LogP contribution is 2.52. The lowest BCUT2D eigenvalue weighted by atomic mass is 9.92. The second-order valence-corrected chi connectivity index (χ2v) is 8.56. The zero-order valence-electron chi connectivity index (χ0n) is 19.3. The Balaban J connectivity index is 0.00000117. The first-order valence-electron chi connectivity index (χ1n) is 11.1. The molecule has 2 fully saturated rings. The minimum Gasteiger partial charge on any atom is -0.318 e. The van der Waals surface area contributed by atoms with Crippen LogP contribution in [0, 0.1) is 20.8 Å². The van der Waals surface area contributed by atoms with Crippen LogP contribution in [0.5, 0.6) is 0 Å². The van der Waals surface area contributed by atoms with Crippen LogP contribution in [-0.2, 0) is 12.6 Å². The second kappa shape index (κ2) is 8.45. The molecule has 29 heavy (non-hydrogen) atoms. The number of pyridine rings is 1. The number of piperazine rings is 1. The van der Waals surface area contributed by atoms with E-state index in [9.17, 15) is 4.79 Å². The smallest absolute Gasteiger partial charge is 0.253 e. The van der Waals surface area contributed by atoms with Gasteiger partial charge in [0.05, 0.1) is 0 Å². The van der Waals surface area contributed by atoms with Crippen LogP contribution in [0.25, 0.3) is 11.1 Å². The minimum absolute atomic E-state index is 0.0941. The number of hydrogen-bond donors (Lipinski definition) is 0. The Kier molecular flexibility index (Phi) is 6.35. The maximum atomic E-state index is 12.2. The van der Waals surface area contributed by atoms with Crippen molar-refractivity contribution in [3.8, 4) is 11.1 Å². The van der Waals surface area contributed by atoms with Gasteiger partial charge in [-0.2, -0.15) is 0 Å². The number of likely N-dealkylation sites (N-methyl/N-ethyl adjacent to an activating group) is 1. The summed E-state index contributed by atoms with van der Waals surface area (Å²) in [6.07, 6.45) is 4.52. The summed E-state index contributed by atoms with van der Waals surface area (Å²) >= 11 is 0. The predicted molar refractivity (Wildman–Crippen MR) is 123 cm³/mol. The first kappa shape index (κ1) is 21.8. The Labute approximate surface area is 176 Å². The van der Waals surface area contributed by atoms with Crippen molar-refractivity contribution in [3.05, 3.63) is 57.0 Å². The molecule has 0 radical (unpaired) electrons. The lowest BCUT2D eigenvalue weighted by Gasteiger charge is -2.39. The second-order valence-electron chi connectivity index (χ2n) is 8.56. The normalized spacial score (nSPS) is 18.9. The summed E-state index contributed by atoms with van der Waals surface area (Å²) in [7, 11) is 4.06. The number of aryl methyl sites for hydroxylation is 2. The highest BCUT2D eigenvalue weighted by molar-refractivity contribution is 5.69. The topological polar surface area (TPSA) is 28.5 Å². The number of benzene rings is 1. The molecular formula is C25H37N3O. The van der Waals surface area contributed by atoms with Crippen molar-refractivity contribution >= 4 is 0 Å². The number of hydrogen-bond acceptors (Lipinski definition) is 3. The minimum atomic E-state index is 0.0941. The van der Waals surface area contributed by atoms with E-state index in [4.69, 9.17) is 0 Å². The zero-order chi connectivity index (χ0) is 21.3. The summed E-state index contributed by atoms with van der Waals surface area (Å²) < 4.78 is 1.70. The summed E-state index contributed by atoms with van der Waals surface area (Å²) in [5, 5.41) is 0. The molecule has 2 aliphatic rings. The molecule has 1 aromatic carbocycles. The van der Waals surface area contributed by atoms with E-state index < -0.39 is 0 Å². The summed E-state index contributed by atoms with van der Waals surface area (Å²) in [5.74, 6) is 0. The van der Waals surface area contributed by atoms with Gasteiger partial charge >= 0.3 is 0 Å². The van der Waals surface area contributed by atoms with E-state index >= 15 is 0 Å². The van der Waals surface area contributed by atoms with Gasteiger partial charge in [-0.15, -0.1) is 0 Å². The quantitative estimate of drug-likeness (QED) is 0.778. The zero-order valence-corrected chi connectivity index (χ0v) is 19.3. The summed E-state index contributed by atoms with van der Waals surface area (Å²) in [6, 6.07) is 6.91. The van der Waals surface area contributed by atoms with Gasteiger partial charge < -0.3 is 9.47 Å². The molecule has 0 spiro atoms. The van der Waals surface area contributed by atoms with E-state index in [1.54, 1.807) is 4.57 Å². The molecule has 0 amide bonds. The number of nitrogens with zero attached hydrogens (tertiary/aromatic N) is 3. The molecule has 2 heterocycles. The Morgan fingerprint density at radius 2 is 1.52 bits per heavy atom. The van der Waals surface area contributed by atoms with E-state index in [0.717, 1.165) is 42.9 Å². The predicted octanol–water partition coefficient (Wildman–Crippen LogP) is 4.24. The standard InChI is InChI=1S/C23H31N3O.C2H6/c1-16-14-19(20-15-25(5)22(27)18(3)17(20)2)6-7-21(16)23(8-9-23)26-12-10-24(4)11-13-26;1-2/h6-7,14-15H,8-13H2,1-5H3;1-2H3. The molecule has 0 N–H and O–H groups in total. The van der Waals surface area contributed by atoms with Crippen LogP contribution in [0.15, 0.2) is 29.2 Å². The molecule has 4 heteroatoms. The van der Waals surface area contributed by atoms with Gasteiger partial charge in [-0.1, -0.05) is 32.0 Å². The van der Waals surface area contributed by atoms with Gasteiger partial charge in [-0.25, -0.2) is 0 Å². The molecule has 158 valence electrons. The Bertz CT molecular complexity index is 932. The largest absolute Gasteiger partial charge is 0.318 e. The van der Waals surface area contributed by atoms with Crippen molar-refractivity contribution in [1.82, 2.24) is 14.4 Å². The van der Waals surface area contributed by atoms with Crippen LogP contribution in [0.3, 0.4) is 0 Å². The van der Waals surface area contributed by atoms with Gasteiger partial charge in [0, 0.05) is 56.1 Å². The van der Waals surface area contributed by atoms with Crippen molar-refractivity contribution in [2.75, 3.05) is 33.2 Å². The molecule has 1 aromatic heterocycles. The molecule has 1 saturated heterocycles. The lowest BCUT2D eigenvalue weighted by molar-refractivity contribution is 0.0973. The summed E-state index contributed by atoms with van der Waals surface area (Å²) in [4.78, 5) is 17.3. The van der Waals surface area contributed by atoms with Crippen LogP contribution >= 0.6 is 0 Å². The lowest BCUT2D eigenvalue weighted by Crippen LogP contribution is -2.49.